The number of carbonyl (C=O) groups is 3. The normalized spacial score (nSPS) is 28.6. The third kappa shape index (κ3) is 5.11. The Morgan fingerprint density at radius 3 is 2.54 bits per heavy atom. The summed E-state index contributed by atoms with van der Waals surface area (Å²) in [5, 5.41) is 6.84. The highest BCUT2D eigenvalue weighted by molar-refractivity contribution is 6.35. The first-order chi connectivity index (χ1) is 19.8. The largest absolute Gasteiger partial charge is 0.494 e. The summed E-state index contributed by atoms with van der Waals surface area (Å²) in [7, 11) is 0. The van der Waals surface area contributed by atoms with E-state index in [0.717, 1.165) is 37.7 Å². The number of rotatable bonds is 8. The van der Waals surface area contributed by atoms with Crippen molar-refractivity contribution in [2.24, 2.45) is 11.8 Å². The van der Waals surface area contributed by atoms with Crippen molar-refractivity contribution < 1.29 is 23.9 Å². The molecule has 3 heterocycles. The van der Waals surface area contributed by atoms with Gasteiger partial charge in [0.2, 0.25) is 17.7 Å². The predicted octanol–water partition coefficient (Wildman–Crippen LogP) is 5.13. The SMILES string of the molecule is CCOc1ccccc1CN1C(=O)[C@@H]2[C@H](C(=O)Nc3cc(Cl)cc(Cl)c3)[C@@H]3C=C[C@@]2(O3)[C@@H]1C(=O)NC1CCCCC1. The second-order valence-corrected chi connectivity index (χ2v) is 12.1. The topological polar surface area (TPSA) is 97.0 Å². The van der Waals surface area contributed by atoms with Gasteiger partial charge >= 0.3 is 0 Å². The molecule has 0 radical (unpaired) electrons. The number of hydrogen-bond donors (Lipinski definition) is 2. The lowest BCUT2D eigenvalue weighted by Gasteiger charge is -2.34. The van der Waals surface area contributed by atoms with Gasteiger partial charge in [-0.25, -0.2) is 0 Å². The monoisotopic (exact) mass is 597 g/mol. The van der Waals surface area contributed by atoms with Gasteiger partial charge in [-0.1, -0.05) is 72.8 Å². The van der Waals surface area contributed by atoms with Gasteiger partial charge in [-0.2, -0.15) is 0 Å². The first-order valence-electron chi connectivity index (χ1n) is 14.3. The lowest BCUT2D eigenvalue weighted by molar-refractivity contribution is -0.142. The lowest BCUT2D eigenvalue weighted by atomic mass is 9.74. The molecule has 0 aromatic heterocycles. The van der Waals surface area contributed by atoms with E-state index in [2.05, 4.69) is 10.6 Å². The van der Waals surface area contributed by atoms with Crippen LogP contribution < -0.4 is 15.4 Å². The van der Waals surface area contributed by atoms with Crippen molar-refractivity contribution in [1.29, 1.82) is 0 Å². The first-order valence-corrected chi connectivity index (χ1v) is 15.0. The molecule has 2 aromatic carbocycles. The smallest absolute Gasteiger partial charge is 0.246 e. The standard InChI is InChI=1S/C31H33Cl2N3O5/c1-2-40-23-11-7-6-8-18(23)17-36-27(29(38)34-21-9-4-3-5-10-21)31-13-12-24(41-31)25(26(31)30(36)39)28(37)35-22-15-19(32)14-20(33)16-22/h6-8,11-16,21,24-27H,2-5,9-10,17H2,1H3,(H,34,38)(H,35,37)/t24-,25+,26-,27-,31-/m0/s1. The molecule has 2 bridgehead atoms. The van der Waals surface area contributed by atoms with Crippen LogP contribution in [0.4, 0.5) is 5.69 Å². The molecule has 1 aliphatic carbocycles. The molecule has 3 aliphatic heterocycles. The van der Waals surface area contributed by atoms with E-state index in [1.54, 1.807) is 29.2 Å². The molecule has 216 valence electrons. The van der Waals surface area contributed by atoms with E-state index in [0.29, 0.717) is 28.1 Å². The summed E-state index contributed by atoms with van der Waals surface area (Å²) < 4.78 is 12.3. The average molecular weight is 599 g/mol. The molecule has 10 heteroatoms. The molecule has 1 saturated carbocycles. The summed E-state index contributed by atoms with van der Waals surface area (Å²) in [6.07, 6.45) is 8.07. The third-order valence-corrected chi connectivity index (χ3v) is 9.06. The number of amides is 3. The number of anilines is 1. The van der Waals surface area contributed by atoms with E-state index < -0.39 is 29.6 Å². The number of para-hydroxylation sites is 1. The first kappa shape index (κ1) is 28.1. The van der Waals surface area contributed by atoms with Crippen LogP contribution in [-0.4, -0.2) is 53.0 Å². The Labute approximate surface area is 249 Å². The van der Waals surface area contributed by atoms with Crippen LogP contribution in [0.5, 0.6) is 5.75 Å². The van der Waals surface area contributed by atoms with Gasteiger partial charge in [0.05, 0.1) is 31.1 Å². The minimum atomic E-state index is -1.25. The van der Waals surface area contributed by atoms with Crippen molar-refractivity contribution in [3.05, 3.63) is 70.2 Å². The number of nitrogens with zero attached hydrogens (tertiary/aromatic N) is 1. The van der Waals surface area contributed by atoms with Crippen LogP contribution in [0.25, 0.3) is 0 Å². The number of fused-ring (bicyclic) bond motifs is 1. The van der Waals surface area contributed by atoms with Crippen molar-refractivity contribution in [1.82, 2.24) is 10.2 Å². The van der Waals surface area contributed by atoms with E-state index in [-0.39, 0.29) is 30.3 Å². The molecule has 5 atom stereocenters. The second-order valence-electron chi connectivity index (χ2n) is 11.2. The molecular weight excluding hydrogens is 565 g/mol. The molecule has 2 aromatic rings. The van der Waals surface area contributed by atoms with Crippen molar-refractivity contribution in [3.63, 3.8) is 0 Å². The Balaban J connectivity index is 1.34. The zero-order valence-corrected chi connectivity index (χ0v) is 24.3. The molecule has 4 aliphatic rings. The number of nitrogens with one attached hydrogen (secondary N) is 2. The van der Waals surface area contributed by atoms with E-state index >= 15 is 0 Å². The van der Waals surface area contributed by atoms with Crippen LogP contribution in [0, 0.1) is 11.8 Å². The highest BCUT2D eigenvalue weighted by atomic mass is 35.5. The van der Waals surface area contributed by atoms with Gasteiger partial charge in [-0.05, 0) is 44.0 Å². The van der Waals surface area contributed by atoms with Gasteiger partial charge in [-0.15, -0.1) is 0 Å². The van der Waals surface area contributed by atoms with E-state index in [9.17, 15) is 14.4 Å². The van der Waals surface area contributed by atoms with Gasteiger partial charge < -0.3 is 25.0 Å². The lowest BCUT2D eigenvalue weighted by Crippen LogP contribution is -2.56. The number of carbonyl (C=O) groups excluding carboxylic acids is 3. The highest BCUT2D eigenvalue weighted by Gasteiger charge is 2.72. The highest BCUT2D eigenvalue weighted by Crippen LogP contribution is 2.55. The van der Waals surface area contributed by atoms with Crippen LogP contribution >= 0.6 is 23.2 Å². The number of likely N-dealkylation sites (tertiary alicyclic amines) is 1. The van der Waals surface area contributed by atoms with Gasteiger partial charge in [0.1, 0.15) is 17.4 Å². The molecule has 41 heavy (non-hydrogen) atoms. The molecular formula is C31H33Cl2N3O5. The summed E-state index contributed by atoms with van der Waals surface area (Å²) in [5.41, 5.74) is -0.0508. The molecule has 0 unspecified atom stereocenters. The summed E-state index contributed by atoms with van der Waals surface area (Å²) in [6, 6.07) is 11.4. The predicted molar refractivity (Wildman–Crippen MR) is 156 cm³/mol. The van der Waals surface area contributed by atoms with E-state index in [4.69, 9.17) is 32.7 Å². The molecule has 3 amide bonds. The quantitative estimate of drug-likeness (QED) is 0.411. The van der Waals surface area contributed by atoms with E-state index in [1.165, 1.54) is 0 Å². The van der Waals surface area contributed by atoms with Crippen LogP contribution in [0.2, 0.25) is 10.0 Å². The zero-order chi connectivity index (χ0) is 28.7. The molecule has 2 saturated heterocycles. The molecule has 8 nitrogen and oxygen atoms in total. The molecule has 2 N–H and O–H groups in total. The number of hydrogen-bond acceptors (Lipinski definition) is 5. The Bertz CT molecular complexity index is 1370. The van der Waals surface area contributed by atoms with Crippen LogP contribution in [0.15, 0.2) is 54.6 Å². The zero-order valence-electron chi connectivity index (χ0n) is 22.8. The van der Waals surface area contributed by atoms with Gasteiger partial charge in [0.25, 0.3) is 0 Å². The molecule has 6 rings (SSSR count). The number of benzene rings is 2. The summed E-state index contributed by atoms with van der Waals surface area (Å²) in [6.45, 7) is 2.51. The second kappa shape index (κ2) is 11.3. The molecule has 3 fully saturated rings. The van der Waals surface area contributed by atoms with Gasteiger partial charge in [0.15, 0.2) is 0 Å². The van der Waals surface area contributed by atoms with Crippen molar-refractivity contribution in [3.8, 4) is 5.75 Å². The maximum Gasteiger partial charge on any atom is 0.246 e. The minimum absolute atomic E-state index is 0.0496. The van der Waals surface area contributed by atoms with Gasteiger partial charge in [0, 0.05) is 27.3 Å². The van der Waals surface area contributed by atoms with Crippen molar-refractivity contribution in [2.45, 2.75) is 69.4 Å². The van der Waals surface area contributed by atoms with E-state index in [1.807, 2.05) is 37.3 Å². The van der Waals surface area contributed by atoms with Crippen molar-refractivity contribution >= 4 is 46.6 Å². The average Bonchev–Trinajstić information content (AvgIpc) is 3.57. The fraction of sp³-hybridized carbons (Fsp3) is 0.452. The van der Waals surface area contributed by atoms with Crippen LogP contribution in [-0.2, 0) is 25.7 Å². The van der Waals surface area contributed by atoms with Crippen LogP contribution in [0.1, 0.15) is 44.6 Å². The minimum Gasteiger partial charge on any atom is -0.494 e. The Hall–Kier alpha value is -3.07. The number of halogens is 2. The Morgan fingerprint density at radius 1 is 1.07 bits per heavy atom. The summed E-state index contributed by atoms with van der Waals surface area (Å²) in [4.78, 5) is 43.6. The Kier molecular flexibility index (Phi) is 7.74. The van der Waals surface area contributed by atoms with Gasteiger partial charge in [-0.3, -0.25) is 14.4 Å². The summed E-state index contributed by atoms with van der Waals surface area (Å²) >= 11 is 12.3. The summed E-state index contributed by atoms with van der Waals surface area (Å²) in [5.74, 6) is -1.99. The maximum absolute atomic E-state index is 14.3. The Morgan fingerprint density at radius 2 is 1.80 bits per heavy atom. The maximum atomic E-state index is 14.3. The van der Waals surface area contributed by atoms with Crippen LogP contribution in [0.3, 0.4) is 0 Å². The number of ether oxygens (including phenoxy) is 2. The third-order valence-electron chi connectivity index (χ3n) is 8.62. The van der Waals surface area contributed by atoms with Crippen molar-refractivity contribution in [2.75, 3.05) is 11.9 Å². The molecule has 1 spiro atoms. The fourth-order valence-corrected chi connectivity index (χ4v) is 7.46. The fourth-order valence-electron chi connectivity index (χ4n) is 6.93.